The van der Waals surface area contributed by atoms with Gasteiger partial charge >= 0.3 is 0 Å². The van der Waals surface area contributed by atoms with Gasteiger partial charge in [-0.3, -0.25) is 0 Å². The molecule has 0 amide bonds. The van der Waals surface area contributed by atoms with Crippen molar-refractivity contribution in [1.82, 2.24) is 0 Å². The summed E-state index contributed by atoms with van der Waals surface area (Å²) in [4.78, 5) is 0. The largest absolute Gasteiger partial charge is 0.345 e. The Hall–Kier alpha value is -0.860. The number of hydrogen-bond donors (Lipinski definition) is 0. The van der Waals surface area contributed by atoms with Crippen molar-refractivity contribution in [2.75, 3.05) is 13.2 Å². The molecule has 1 aromatic rings. The van der Waals surface area contributed by atoms with Crippen LogP contribution in [0.3, 0.4) is 0 Å². The van der Waals surface area contributed by atoms with Gasteiger partial charge in [0.05, 0.1) is 13.2 Å². The summed E-state index contributed by atoms with van der Waals surface area (Å²) < 4.78 is 11.9. The average molecular weight is 234 g/mol. The zero-order valence-electron chi connectivity index (χ0n) is 11.5. The molecule has 0 aromatic heterocycles. The molecule has 1 heterocycles. The van der Waals surface area contributed by atoms with Crippen LogP contribution in [0.2, 0.25) is 0 Å². The topological polar surface area (TPSA) is 18.5 Å². The Bertz CT molecular complexity index is 411. The van der Waals surface area contributed by atoms with E-state index in [1.54, 1.807) is 0 Å². The number of hydrogen-bond acceptors (Lipinski definition) is 2. The Labute approximate surface area is 104 Å². The van der Waals surface area contributed by atoms with Gasteiger partial charge in [0.1, 0.15) is 0 Å². The van der Waals surface area contributed by atoms with E-state index in [1.165, 1.54) is 11.1 Å². The fraction of sp³-hybridized carbons (Fsp3) is 0.600. The van der Waals surface area contributed by atoms with Gasteiger partial charge < -0.3 is 9.47 Å². The predicted octanol–water partition coefficient (Wildman–Crippen LogP) is 3.55. The first-order valence-corrected chi connectivity index (χ1v) is 6.18. The van der Waals surface area contributed by atoms with E-state index in [2.05, 4.69) is 45.9 Å². The molecular formula is C15H22O2. The van der Waals surface area contributed by atoms with E-state index in [1.807, 2.05) is 6.92 Å². The highest BCUT2D eigenvalue weighted by atomic mass is 16.7. The van der Waals surface area contributed by atoms with Crippen molar-refractivity contribution < 1.29 is 9.47 Å². The maximum absolute atomic E-state index is 5.97. The van der Waals surface area contributed by atoms with Gasteiger partial charge in [-0.25, -0.2) is 0 Å². The number of benzene rings is 1. The van der Waals surface area contributed by atoms with Gasteiger partial charge in [-0.15, -0.1) is 0 Å². The molecule has 0 radical (unpaired) electrons. The number of ether oxygens (including phenoxy) is 2. The van der Waals surface area contributed by atoms with E-state index in [0.717, 1.165) is 18.8 Å². The van der Waals surface area contributed by atoms with Crippen LogP contribution in [0, 0.1) is 19.3 Å². The van der Waals surface area contributed by atoms with E-state index in [0.29, 0.717) is 0 Å². The summed E-state index contributed by atoms with van der Waals surface area (Å²) in [6.07, 6.45) is 0. The Morgan fingerprint density at radius 1 is 1.00 bits per heavy atom. The second-order valence-electron chi connectivity index (χ2n) is 6.01. The lowest BCUT2D eigenvalue weighted by atomic mass is 9.92. The maximum Gasteiger partial charge on any atom is 0.192 e. The Morgan fingerprint density at radius 2 is 1.59 bits per heavy atom. The van der Waals surface area contributed by atoms with Gasteiger partial charge in [-0.05, 0) is 26.3 Å². The molecule has 1 aromatic carbocycles. The van der Waals surface area contributed by atoms with Crippen molar-refractivity contribution >= 4 is 0 Å². The molecule has 2 nitrogen and oxygen atoms in total. The first-order valence-electron chi connectivity index (χ1n) is 6.18. The fourth-order valence-electron chi connectivity index (χ4n) is 2.23. The van der Waals surface area contributed by atoms with E-state index in [-0.39, 0.29) is 5.41 Å². The summed E-state index contributed by atoms with van der Waals surface area (Å²) in [6, 6.07) is 6.40. The Morgan fingerprint density at radius 3 is 2.12 bits per heavy atom. The third-order valence-corrected chi connectivity index (χ3v) is 3.35. The minimum atomic E-state index is -0.590. The van der Waals surface area contributed by atoms with E-state index < -0.39 is 5.79 Å². The maximum atomic E-state index is 5.97. The molecule has 0 unspecified atom stereocenters. The molecule has 0 N–H and O–H groups in total. The van der Waals surface area contributed by atoms with Gasteiger partial charge in [0.25, 0.3) is 0 Å². The molecule has 17 heavy (non-hydrogen) atoms. The zero-order chi connectivity index (χ0) is 12.7. The minimum absolute atomic E-state index is 0.109. The van der Waals surface area contributed by atoms with Crippen LogP contribution in [-0.2, 0) is 15.3 Å². The van der Waals surface area contributed by atoms with E-state index >= 15 is 0 Å². The van der Waals surface area contributed by atoms with Crippen LogP contribution in [0.1, 0.15) is 37.5 Å². The van der Waals surface area contributed by atoms with Crippen molar-refractivity contribution in [3.05, 3.63) is 34.9 Å². The quantitative estimate of drug-likeness (QED) is 0.740. The molecule has 2 rings (SSSR count). The normalized spacial score (nSPS) is 22.4. The third kappa shape index (κ3) is 2.53. The third-order valence-electron chi connectivity index (χ3n) is 3.35. The monoisotopic (exact) mass is 234 g/mol. The zero-order valence-corrected chi connectivity index (χ0v) is 11.5. The van der Waals surface area contributed by atoms with Crippen LogP contribution in [-0.4, -0.2) is 13.2 Å². The number of rotatable bonds is 1. The lowest BCUT2D eigenvalue weighted by molar-refractivity contribution is -0.298. The number of aryl methyl sites for hydroxylation is 2. The molecule has 2 heteroatoms. The molecule has 1 aliphatic heterocycles. The fourth-order valence-corrected chi connectivity index (χ4v) is 2.23. The van der Waals surface area contributed by atoms with Gasteiger partial charge in [-0.1, -0.05) is 37.6 Å². The molecule has 0 saturated carbocycles. The van der Waals surface area contributed by atoms with Crippen molar-refractivity contribution in [3.63, 3.8) is 0 Å². The lowest BCUT2D eigenvalue weighted by Gasteiger charge is -2.42. The molecule has 94 valence electrons. The van der Waals surface area contributed by atoms with Crippen molar-refractivity contribution in [3.8, 4) is 0 Å². The molecule has 1 fully saturated rings. The highest BCUT2D eigenvalue weighted by Crippen LogP contribution is 2.37. The van der Waals surface area contributed by atoms with Crippen molar-refractivity contribution in [1.29, 1.82) is 0 Å². The molecule has 1 saturated heterocycles. The van der Waals surface area contributed by atoms with Crippen LogP contribution in [0.25, 0.3) is 0 Å². The summed E-state index contributed by atoms with van der Waals surface area (Å²) in [5.74, 6) is -0.590. The highest BCUT2D eigenvalue weighted by Gasteiger charge is 2.38. The van der Waals surface area contributed by atoms with Gasteiger partial charge in [0.2, 0.25) is 0 Å². The van der Waals surface area contributed by atoms with Gasteiger partial charge in [0, 0.05) is 11.0 Å². The second kappa shape index (κ2) is 4.11. The summed E-state index contributed by atoms with van der Waals surface area (Å²) >= 11 is 0. The molecule has 0 atom stereocenters. The smallest absolute Gasteiger partial charge is 0.192 e. The molecule has 1 aliphatic rings. The summed E-state index contributed by atoms with van der Waals surface area (Å²) in [6.45, 7) is 12.0. The van der Waals surface area contributed by atoms with Crippen LogP contribution in [0.15, 0.2) is 18.2 Å². The summed E-state index contributed by atoms with van der Waals surface area (Å²) in [7, 11) is 0. The standard InChI is InChI=1S/C15H22O2/c1-11-6-7-13(12(2)8-11)15(5)16-9-14(3,4)10-17-15/h6-8H,9-10H2,1-5H3. The lowest BCUT2D eigenvalue weighted by Crippen LogP contribution is -2.44. The van der Waals surface area contributed by atoms with Gasteiger partial charge in [0.15, 0.2) is 5.79 Å². The van der Waals surface area contributed by atoms with Crippen molar-refractivity contribution in [2.24, 2.45) is 5.41 Å². The molecule has 0 aliphatic carbocycles. The molecule has 0 spiro atoms. The first-order chi connectivity index (χ1) is 7.82. The Balaban J connectivity index is 2.27. The summed E-state index contributed by atoms with van der Waals surface area (Å²) in [5, 5.41) is 0. The highest BCUT2D eigenvalue weighted by molar-refractivity contribution is 5.33. The van der Waals surface area contributed by atoms with E-state index in [4.69, 9.17) is 9.47 Å². The summed E-state index contributed by atoms with van der Waals surface area (Å²) in [5.41, 5.74) is 3.75. The average Bonchev–Trinajstić information content (AvgIpc) is 2.23. The van der Waals surface area contributed by atoms with Gasteiger partial charge in [-0.2, -0.15) is 0 Å². The second-order valence-corrected chi connectivity index (χ2v) is 6.01. The van der Waals surface area contributed by atoms with Crippen LogP contribution < -0.4 is 0 Å². The first kappa shape index (κ1) is 12.6. The van der Waals surface area contributed by atoms with Crippen LogP contribution in [0.5, 0.6) is 0 Å². The van der Waals surface area contributed by atoms with Crippen molar-refractivity contribution in [2.45, 2.75) is 40.4 Å². The van der Waals surface area contributed by atoms with E-state index in [9.17, 15) is 0 Å². The molecule has 0 bridgehead atoms. The van der Waals surface area contributed by atoms with Crippen LogP contribution in [0.4, 0.5) is 0 Å². The minimum Gasteiger partial charge on any atom is -0.345 e. The molecular weight excluding hydrogens is 212 g/mol. The predicted molar refractivity (Wildman–Crippen MR) is 69.0 cm³/mol. The van der Waals surface area contributed by atoms with Crippen LogP contribution >= 0.6 is 0 Å². The Kier molecular flexibility index (Phi) is 3.04. The SMILES string of the molecule is Cc1ccc(C2(C)OCC(C)(C)CO2)c(C)c1.